The molecule has 0 radical (unpaired) electrons. The summed E-state index contributed by atoms with van der Waals surface area (Å²) in [6, 6.07) is 5.75. The van der Waals surface area contributed by atoms with E-state index in [-0.39, 0.29) is 12.8 Å². The third kappa shape index (κ3) is 2.38. The van der Waals surface area contributed by atoms with Crippen molar-refractivity contribution in [1.29, 1.82) is 0 Å². The quantitative estimate of drug-likeness (QED) is 0.818. The Balaban J connectivity index is 2.33. The Kier molecular flexibility index (Phi) is 3.21. The SMILES string of the molecule is Cc1ccc(C2(C)CCC(O)(C(F)(F)F)C2)cc1C. The highest BCUT2D eigenvalue weighted by Gasteiger charge is 2.60. The Labute approximate surface area is 111 Å². The van der Waals surface area contributed by atoms with E-state index in [2.05, 4.69) is 0 Å². The number of alkyl halides is 3. The summed E-state index contributed by atoms with van der Waals surface area (Å²) in [5.41, 5.74) is -0.0723. The molecule has 1 aliphatic carbocycles. The molecule has 1 N–H and O–H groups in total. The number of benzene rings is 1. The number of hydrogen-bond donors (Lipinski definition) is 1. The third-order valence-corrected chi connectivity index (χ3v) is 4.50. The first-order valence-corrected chi connectivity index (χ1v) is 6.44. The van der Waals surface area contributed by atoms with Gasteiger partial charge in [-0.1, -0.05) is 25.1 Å². The highest BCUT2D eigenvalue weighted by atomic mass is 19.4. The third-order valence-electron chi connectivity index (χ3n) is 4.50. The minimum Gasteiger partial charge on any atom is -0.380 e. The van der Waals surface area contributed by atoms with Crippen LogP contribution in [0.2, 0.25) is 0 Å². The molecule has 1 aromatic carbocycles. The van der Waals surface area contributed by atoms with Crippen LogP contribution < -0.4 is 0 Å². The molecule has 19 heavy (non-hydrogen) atoms. The molecule has 0 heterocycles. The average Bonchev–Trinajstić information content (AvgIpc) is 2.61. The molecule has 2 rings (SSSR count). The number of aliphatic hydroxyl groups is 1. The first-order chi connectivity index (χ1) is 8.57. The van der Waals surface area contributed by atoms with Gasteiger partial charge in [0, 0.05) is 0 Å². The molecule has 0 bridgehead atoms. The van der Waals surface area contributed by atoms with E-state index < -0.39 is 17.2 Å². The van der Waals surface area contributed by atoms with Crippen molar-refractivity contribution < 1.29 is 18.3 Å². The molecular weight excluding hydrogens is 253 g/mol. The second-order valence-corrected chi connectivity index (χ2v) is 6.07. The molecule has 4 heteroatoms. The van der Waals surface area contributed by atoms with Gasteiger partial charge in [-0.05, 0) is 55.2 Å². The van der Waals surface area contributed by atoms with Crippen molar-refractivity contribution in [3.63, 3.8) is 0 Å². The summed E-state index contributed by atoms with van der Waals surface area (Å²) >= 11 is 0. The minimum atomic E-state index is -4.55. The Morgan fingerprint density at radius 1 is 1.11 bits per heavy atom. The maximum atomic E-state index is 12.9. The van der Waals surface area contributed by atoms with Crippen LogP contribution >= 0.6 is 0 Å². The van der Waals surface area contributed by atoms with Crippen molar-refractivity contribution in [3.05, 3.63) is 34.9 Å². The summed E-state index contributed by atoms with van der Waals surface area (Å²) in [5.74, 6) is 0. The average molecular weight is 272 g/mol. The van der Waals surface area contributed by atoms with Gasteiger partial charge in [0.1, 0.15) is 0 Å². The van der Waals surface area contributed by atoms with Crippen molar-refractivity contribution in [1.82, 2.24) is 0 Å². The molecule has 1 saturated carbocycles. The molecule has 1 nitrogen and oxygen atoms in total. The van der Waals surface area contributed by atoms with Gasteiger partial charge in [-0.3, -0.25) is 0 Å². The van der Waals surface area contributed by atoms with E-state index in [1.165, 1.54) is 0 Å². The van der Waals surface area contributed by atoms with Crippen LogP contribution in [-0.2, 0) is 5.41 Å². The van der Waals surface area contributed by atoms with Gasteiger partial charge in [0.05, 0.1) is 0 Å². The molecule has 1 fully saturated rings. The molecule has 1 aromatic rings. The van der Waals surface area contributed by atoms with Gasteiger partial charge < -0.3 is 5.11 Å². The Hall–Kier alpha value is -1.03. The lowest BCUT2D eigenvalue weighted by atomic mass is 9.78. The fourth-order valence-electron chi connectivity index (χ4n) is 2.91. The normalized spacial score (nSPS) is 31.7. The van der Waals surface area contributed by atoms with Gasteiger partial charge in [-0.2, -0.15) is 13.2 Å². The monoisotopic (exact) mass is 272 g/mol. The lowest BCUT2D eigenvalue weighted by Crippen LogP contribution is -2.43. The summed E-state index contributed by atoms with van der Waals surface area (Å²) in [7, 11) is 0. The van der Waals surface area contributed by atoms with Gasteiger partial charge in [0.2, 0.25) is 0 Å². The second-order valence-electron chi connectivity index (χ2n) is 6.07. The van der Waals surface area contributed by atoms with Crippen molar-refractivity contribution in [3.8, 4) is 0 Å². The number of halogens is 3. The predicted octanol–water partition coefficient (Wildman–Crippen LogP) is 4.04. The molecule has 1 aliphatic rings. The molecule has 0 spiro atoms. The standard InChI is InChI=1S/C15H19F3O/c1-10-4-5-12(8-11(10)2)13(3)6-7-14(19,9-13)15(16,17)18/h4-5,8,19H,6-7,9H2,1-3H3. The lowest BCUT2D eigenvalue weighted by molar-refractivity contribution is -0.258. The van der Waals surface area contributed by atoms with Crippen molar-refractivity contribution >= 4 is 0 Å². The molecular formula is C15H19F3O. The maximum absolute atomic E-state index is 12.9. The van der Waals surface area contributed by atoms with Gasteiger partial charge >= 0.3 is 6.18 Å². The van der Waals surface area contributed by atoms with Gasteiger partial charge in [-0.25, -0.2) is 0 Å². The van der Waals surface area contributed by atoms with E-state index in [1.54, 1.807) is 6.92 Å². The van der Waals surface area contributed by atoms with Crippen LogP contribution in [-0.4, -0.2) is 16.9 Å². The fourth-order valence-corrected chi connectivity index (χ4v) is 2.91. The van der Waals surface area contributed by atoms with E-state index in [1.807, 2.05) is 32.0 Å². The van der Waals surface area contributed by atoms with Gasteiger partial charge in [0.25, 0.3) is 0 Å². The molecule has 0 aliphatic heterocycles. The zero-order valence-corrected chi connectivity index (χ0v) is 11.4. The Bertz CT molecular complexity index is 495. The molecule has 2 unspecified atom stereocenters. The second kappa shape index (κ2) is 4.23. The number of hydrogen-bond acceptors (Lipinski definition) is 1. The van der Waals surface area contributed by atoms with Crippen LogP contribution in [0, 0.1) is 13.8 Å². The number of aryl methyl sites for hydroxylation is 2. The maximum Gasteiger partial charge on any atom is 0.417 e. The largest absolute Gasteiger partial charge is 0.417 e. The van der Waals surface area contributed by atoms with Crippen molar-refractivity contribution in [2.45, 2.75) is 57.2 Å². The zero-order valence-electron chi connectivity index (χ0n) is 11.4. The smallest absolute Gasteiger partial charge is 0.380 e. The first-order valence-electron chi connectivity index (χ1n) is 6.44. The summed E-state index contributed by atoms with van der Waals surface area (Å²) in [4.78, 5) is 0. The van der Waals surface area contributed by atoms with Crippen LogP contribution in [0.25, 0.3) is 0 Å². The predicted molar refractivity (Wildman–Crippen MR) is 68.1 cm³/mol. The van der Waals surface area contributed by atoms with Crippen molar-refractivity contribution in [2.75, 3.05) is 0 Å². The molecule has 0 saturated heterocycles. The van der Waals surface area contributed by atoms with Crippen LogP contribution in [0.3, 0.4) is 0 Å². The molecule has 0 aromatic heterocycles. The summed E-state index contributed by atoms with van der Waals surface area (Å²) in [6.45, 7) is 5.73. The molecule has 0 amide bonds. The van der Waals surface area contributed by atoms with Crippen molar-refractivity contribution in [2.24, 2.45) is 0 Å². The Morgan fingerprint density at radius 3 is 2.21 bits per heavy atom. The molecule has 106 valence electrons. The highest BCUT2D eigenvalue weighted by molar-refractivity contribution is 5.35. The van der Waals surface area contributed by atoms with Gasteiger partial charge in [0.15, 0.2) is 5.60 Å². The highest BCUT2D eigenvalue weighted by Crippen LogP contribution is 2.52. The van der Waals surface area contributed by atoms with E-state index in [0.29, 0.717) is 6.42 Å². The zero-order chi connectivity index (χ0) is 14.5. The van der Waals surface area contributed by atoms with E-state index in [9.17, 15) is 18.3 Å². The van der Waals surface area contributed by atoms with E-state index in [4.69, 9.17) is 0 Å². The topological polar surface area (TPSA) is 20.2 Å². The van der Waals surface area contributed by atoms with Crippen LogP contribution in [0.15, 0.2) is 18.2 Å². The lowest BCUT2D eigenvalue weighted by Gasteiger charge is -2.30. The Morgan fingerprint density at radius 2 is 1.74 bits per heavy atom. The van der Waals surface area contributed by atoms with Crippen LogP contribution in [0.5, 0.6) is 0 Å². The summed E-state index contributed by atoms with van der Waals surface area (Å²) < 4.78 is 38.7. The van der Waals surface area contributed by atoms with Crippen LogP contribution in [0.1, 0.15) is 42.9 Å². The van der Waals surface area contributed by atoms with Crippen LogP contribution in [0.4, 0.5) is 13.2 Å². The van der Waals surface area contributed by atoms with E-state index >= 15 is 0 Å². The van der Waals surface area contributed by atoms with Gasteiger partial charge in [-0.15, -0.1) is 0 Å². The first kappa shape index (κ1) is 14.4. The summed E-state index contributed by atoms with van der Waals surface area (Å²) in [5, 5.41) is 9.82. The fraction of sp³-hybridized carbons (Fsp3) is 0.600. The minimum absolute atomic E-state index is 0.222. The summed E-state index contributed by atoms with van der Waals surface area (Å²) in [6.07, 6.45) is -4.68. The molecule has 2 atom stereocenters. The number of rotatable bonds is 1. The van der Waals surface area contributed by atoms with E-state index in [0.717, 1.165) is 16.7 Å².